The maximum absolute atomic E-state index is 12.8. The van der Waals surface area contributed by atoms with Gasteiger partial charge in [-0.2, -0.15) is 0 Å². The summed E-state index contributed by atoms with van der Waals surface area (Å²) in [5, 5.41) is 4.06. The lowest BCUT2D eigenvalue weighted by Crippen LogP contribution is -2.28. The van der Waals surface area contributed by atoms with E-state index in [1.165, 1.54) is 5.56 Å². The molecule has 0 spiro atoms. The Labute approximate surface area is 177 Å². The van der Waals surface area contributed by atoms with Crippen LogP contribution in [0.1, 0.15) is 36.0 Å². The number of ether oxygens (including phenoxy) is 3. The third-order valence-electron chi connectivity index (χ3n) is 5.42. The van der Waals surface area contributed by atoms with Crippen molar-refractivity contribution < 1.29 is 19.0 Å². The van der Waals surface area contributed by atoms with Gasteiger partial charge in [-0.1, -0.05) is 37.3 Å². The van der Waals surface area contributed by atoms with Gasteiger partial charge < -0.3 is 24.5 Å². The molecule has 0 saturated carbocycles. The largest absolute Gasteiger partial charge is 0.493 e. The third kappa shape index (κ3) is 4.44. The van der Waals surface area contributed by atoms with E-state index >= 15 is 0 Å². The number of nitrogens with one attached hydrogen (secondary N) is 2. The van der Waals surface area contributed by atoms with Gasteiger partial charge in [0.1, 0.15) is 0 Å². The van der Waals surface area contributed by atoms with Crippen molar-refractivity contribution in [1.82, 2.24) is 10.3 Å². The van der Waals surface area contributed by atoms with E-state index in [2.05, 4.69) is 35.4 Å². The number of aromatic nitrogens is 1. The molecule has 0 bridgehead atoms. The molecule has 0 aliphatic carbocycles. The number of amides is 1. The minimum Gasteiger partial charge on any atom is -0.493 e. The fourth-order valence-electron chi connectivity index (χ4n) is 3.95. The number of fused-ring (bicyclic) bond motifs is 1. The van der Waals surface area contributed by atoms with Gasteiger partial charge in [0.05, 0.1) is 20.8 Å². The van der Waals surface area contributed by atoms with E-state index in [9.17, 15) is 4.79 Å². The highest BCUT2D eigenvalue weighted by atomic mass is 16.5. The Bertz CT molecular complexity index is 996. The molecule has 0 aliphatic heterocycles. The monoisotopic (exact) mass is 410 g/mol. The van der Waals surface area contributed by atoms with Crippen LogP contribution in [0, 0.1) is 0 Å². The average molecular weight is 411 g/mol. The van der Waals surface area contributed by atoms with E-state index in [-0.39, 0.29) is 18.2 Å². The second-order valence-electron chi connectivity index (χ2n) is 7.12. The van der Waals surface area contributed by atoms with Gasteiger partial charge in [0.2, 0.25) is 5.91 Å². The van der Waals surface area contributed by atoms with Crippen molar-refractivity contribution in [1.29, 1.82) is 0 Å². The summed E-state index contributed by atoms with van der Waals surface area (Å²) in [5.41, 5.74) is 4.34. The first-order chi connectivity index (χ1) is 14.6. The molecule has 0 saturated heterocycles. The van der Waals surface area contributed by atoms with Crippen LogP contribution in [0.25, 0.3) is 10.9 Å². The van der Waals surface area contributed by atoms with Crippen molar-refractivity contribution >= 4 is 16.8 Å². The molecule has 1 heterocycles. The molecule has 3 aromatic rings. The summed E-state index contributed by atoms with van der Waals surface area (Å²) in [6, 6.07) is 12.1. The minimum atomic E-state index is -0.196. The van der Waals surface area contributed by atoms with Crippen molar-refractivity contribution in [2.75, 3.05) is 34.5 Å². The van der Waals surface area contributed by atoms with Crippen LogP contribution >= 0.6 is 0 Å². The van der Waals surface area contributed by atoms with E-state index in [1.54, 1.807) is 21.3 Å². The Morgan fingerprint density at radius 3 is 2.57 bits per heavy atom. The molecule has 0 unspecified atom stereocenters. The minimum absolute atomic E-state index is 0.0390. The lowest BCUT2D eigenvalue weighted by molar-refractivity contribution is -0.121. The maximum atomic E-state index is 12.8. The van der Waals surface area contributed by atoms with E-state index < -0.39 is 0 Å². The highest BCUT2D eigenvalue weighted by Crippen LogP contribution is 2.42. The fraction of sp³-hybridized carbons (Fsp3) is 0.375. The van der Waals surface area contributed by atoms with E-state index in [0.29, 0.717) is 24.7 Å². The number of para-hydroxylation sites is 2. The first kappa shape index (κ1) is 21.7. The number of benzene rings is 2. The molecule has 3 rings (SSSR count). The zero-order chi connectivity index (χ0) is 21.5. The topological polar surface area (TPSA) is 72.6 Å². The van der Waals surface area contributed by atoms with Gasteiger partial charge in [0, 0.05) is 48.7 Å². The molecule has 6 nitrogen and oxygen atoms in total. The predicted molar refractivity (Wildman–Crippen MR) is 119 cm³/mol. The van der Waals surface area contributed by atoms with Gasteiger partial charge in [-0.3, -0.25) is 4.79 Å². The van der Waals surface area contributed by atoms with Crippen molar-refractivity contribution in [3.8, 4) is 11.5 Å². The van der Waals surface area contributed by atoms with Gasteiger partial charge >= 0.3 is 0 Å². The molecule has 2 N–H and O–H groups in total. The first-order valence-electron chi connectivity index (χ1n) is 10.2. The Morgan fingerprint density at radius 2 is 1.87 bits per heavy atom. The van der Waals surface area contributed by atoms with Crippen molar-refractivity contribution in [2.45, 2.75) is 25.7 Å². The zero-order valence-electron chi connectivity index (χ0n) is 18.1. The summed E-state index contributed by atoms with van der Waals surface area (Å²) < 4.78 is 16.2. The second kappa shape index (κ2) is 10.2. The Hall–Kier alpha value is -2.99. The van der Waals surface area contributed by atoms with Gasteiger partial charge in [0.15, 0.2) is 11.5 Å². The predicted octanol–water partition coefficient (Wildman–Crippen LogP) is 4.03. The number of rotatable bonds is 10. The quantitative estimate of drug-likeness (QED) is 0.495. The van der Waals surface area contributed by atoms with Crippen LogP contribution in [0.15, 0.2) is 42.6 Å². The van der Waals surface area contributed by atoms with Crippen LogP contribution < -0.4 is 14.8 Å². The lowest BCUT2D eigenvalue weighted by atomic mass is 9.86. The van der Waals surface area contributed by atoms with Gasteiger partial charge in [-0.15, -0.1) is 0 Å². The van der Waals surface area contributed by atoms with Crippen molar-refractivity contribution in [3.05, 3.63) is 59.3 Å². The highest BCUT2D eigenvalue weighted by molar-refractivity contribution is 5.88. The first-order valence-corrected chi connectivity index (χ1v) is 10.2. The Morgan fingerprint density at radius 1 is 1.07 bits per heavy atom. The number of carbonyl (C=O) groups is 1. The molecule has 1 amide bonds. The third-order valence-corrected chi connectivity index (χ3v) is 5.42. The molecule has 0 aliphatic rings. The van der Waals surface area contributed by atoms with Gasteiger partial charge in [0.25, 0.3) is 0 Å². The summed E-state index contributed by atoms with van der Waals surface area (Å²) in [6.07, 6.45) is 3.23. The summed E-state index contributed by atoms with van der Waals surface area (Å²) in [6.45, 7) is 3.10. The van der Waals surface area contributed by atoms with Crippen LogP contribution in [0.3, 0.4) is 0 Å². The number of carbonyl (C=O) groups excluding carboxylic acids is 1. The highest BCUT2D eigenvalue weighted by Gasteiger charge is 2.26. The number of H-pyrrole nitrogens is 1. The lowest BCUT2D eigenvalue weighted by Gasteiger charge is -2.21. The molecule has 1 atom stereocenters. The molecule has 6 heteroatoms. The second-order valence-corrected chi connectivity index (χ2v) is 7.12. The van der Waals surface area contributed by atoms with Crippen molar-refractivity contribution in [2.24, 2.45) is 0 Å². The standard InChI is InChI=1S/C24H30N2O4/c1-5-16-8-6-9-17-20(15-26-23(16)17)19(14-22(27)25-12-13-28-2)18-10-7-11-21(29-3)24(18)30-4/h6-11,15,19,26H,5,12-14H2,1-4H3,(H,25,27)/t19-/m0/s1. The van der Waals surface area contributed by atoms with Gasteiger partial charge in [-0.25, -0.2) is 0 Å². The fourth-order valence-corrected chi connectivity index (χ4v) is 3.95. The molecular formula is C24H30N2O4. The molecular weight excluding hydrogens is 380 g/mol. The normalized spacial score (nSPS) is 12.0. The maximum Gasteiger partial charge on any atom is 0.221 e. The molecule has 160 valence electrons. The summed E-state index contributed by atoms with van der Waals surface area (Å²) in [7, 11) is 4.86. The van der Waals surface area contributed by atoms with E-state index in [0.717, 1.165) is 28.5 Å². The number of hydrogen-bond donors (Lipinski definition) is 2. The van der Waals surface area contributed by atoms with E-state index in [1.807, 2.05) is 24.4 Å². The van der Waals surface area contributed by atoms with Crippen LogP contribution in [0.4, 0.5) is 0 Å². The van der Waals surface area contributed by atoms with Gasteiger partial charge in [-0.05, 0) is 23.6 Å². The SMILES string of the molecule is CCc1cccc2c([C@@H](CC(=O)NCCOC)c3cccc(OC)c3OC)c[nH]c12. The zero-order valence-corrected chi connectivity index (χ0v) is 18.1. The van der Waals surface area contributed by atoms with E-state index in [4.69, 9.17) is 14.2 Å². The molecule has 2 aromatic carbocycles. The molecule has 30 heavy (non-hydrogen) atoms. The average Bonchev–Trinajstić information content (AvgIpc) is 3.21. The molecule has 1 aromatic heterocycles. The summed E-state index contributed by atoms with van der Waals surface area (Å²) in [5.74, 6) is 1.06. The molecule has 0 fully saturated rings. The smallest absolute Gasteiger partial charge is 0.221 e. The number of hydrogen-bond acceptors (Lipinski definition) is 4. The van der Waals surface area contributed by atoms with Crippen LogP contribution in [0.2, 0.25) is 0 Å². The number of aryl methyl sites for hydroxylation is 1. The summed E-state index contributed by atoms with van der Waals surface area (Å²) in [4.78, 5) is 16.2. The van der Waals surface area contributed by atoms with Crippen LogP contribution in [0.5, 0.6) is 11.5 Å². The summed E-state index contributed by atoms with van der Waals surface area (Å²) >= 11 is 0. The van der Waals surface area contributed by atoms with Crippen LogP contribution in [-0.2, 0) is 16.0 Å². The number of methoxy groups -OCH3 is 3. The van der Waals surface area contributed by atoms with Crippen LogP contribution in [-0.4, -0.2) is 45.4 Å². The number of aromatic amines is 1. The Balaban J connectivity index is 2.09. The Kier molecular flexibility index (Phi) is 7.36. The van der Waals surface area contributed by atoms with Crippen molar-refractivity contribution in [3.63, 3.8) is 0 Å². The molecule has 0 radical (unpaired) electrons.